The fourth-order valence-electron chi connectivity index (χ4n) is 2.31. The Morgan fingerprint density at radius 3 is 2.50 bits per heavy atom. The lowest BCUT2D eigenvalue weighted by atomic mass is 10.1. The fraction of sp³-hybridized carbons (Fsp3) is 0.235. The summed E-state index contributed by atoms with van der Waals surface area (Å²) in [6.45, 7) is 4.05. The van der Waals surface area contributed by atoms with Gasteiger partial charge in [0.05, 0.1) is 5.69 Å². The van der Waals surface area contributed by atoms with Gasteiger partial charge in [0, 0.05) is 19.2 Å². The highest BCUT2D eigenvalue weighted by Gasteiger charge is 2.16. The zero-order chi connectivity index (χ0) is 14.7. The van der Waals surface area contributed by atoms with Gasteiger partial charge in [-0.3, -0.25) is 4.79 Å². The Bertz CT molecular complexity index is 637. The van der Waals surface area contributed by atoms with E-state index < -0.39 is 0 Å². The first-order valence-electron chi connectivity index (χ1n) is 6.56. The van der Waals surface area contributed by atoms with Gasteiger partial charge in [-0.1, -0.05) is 30.3 Å². The predicted molar refractivity (Wildman–Crippen MR) is 79.7 cm³/mol. The molecule has 0 bridgehead atoms. The number of benzene rings is 2. The van der Waals surface area contributed by atoms with Crippen LogP contribution >= 0.6 is 0 Å². The number of nitrogens with zero attached hydrogens (tertiary/aromatic N) is 1. The molecule has 20 heavy (non-hydrogen) atoms. The maximum atomic E-state index is 14.1. The first kappa shape index (κ1) is 14.3. The van der Waals surface area contributed by atoms with Crippen LogP contribution in [0.3, 0.4) is 0 Å². The van der Waals surface area contributed by atoms with Gasteiger partial charge in [-0.05, 0) is 37.1 Å². The van der Waals surface area contributed by atoms with Gasteiger partial charge in [0.25, 0.3) is 0 Å². The molecule has 0 fully saturated rings. The molecule has 104 valence electrons. The van der Waals surface area contributed by atoms with Crippen molar-refractivity contribution < 1.29 is 9.18 Å². The van der Waals surface area contributed by atoms with E-state index in [0.717, 1.165) is 11.1 Å². The van der Waals surface area contributed by atoms with Crippen LogP contribution in [0.1, 0.15) is 28.4 Å². The minimum Gasteiger partial charge on any atom is -0.367 e. The number of hydrogen-bond donors (Lipinski definition) is 0. The highest BCUT2D eigenvalue weighted by molar-refractivity contribution is 5.99. The number of Topliss-reactive ketones (excluding diaryl/α,β-unsaturated/α-hetero) is 1. The van der Waals surface area contributed by atoms with Crippen molar-refractivity contribution in [3.63, 3.8) is 0 Å². The highest BCUT2D eigenvalue weighted by Crippen LogP contribution is 2.26. The molecule has 0 aromatic heterocycles. The summed E-state index contributed by atoms with van der Waals surface area (Å²) in [5.74, 6) is -0.495. The maximum Gasteiger partial charge on any atom is 0.161 e. The molecule has 0 unspecified atom stereocenters. The Kier molecular flexibility index (Phi) is 4.18. The van der Waals surface area contributed by atoms with Gasteiger partial charge < -0.3 is 4.90 Å². The number of hydrogen-bond acceptors (Lipinski definition) is 2. The number of carbonyl (C=O) groups excluding carboxylic acids is 1. The number of aryl methyl sites for hydroxylation is 1. The molecule has 0 spiro atoms. The minimum absolute atomic E-state index is 0.129. The molecule has 0 aliphatic carbocycles. The topological polar surface area (TPSA) is 20.3 Å². The van der Waals surface area contributed by atoms with E-state index in [1.807, 2.05) is 31.2 Å². The summed E-state index contributed by atoms with van der Waals surface area (Å²) in [5.41, 5.74) is 3.05. The highest BCUT2D eigenvalue weighted by atomic mass is 19.1. The molecule has 0 saturated carbocycles. The van der Waals surface area contributed by atoms with Crippen LogP contribution in [-0.4, -0.2) is 12.8 Å². The second kappa shape index (κ2) is 5.87. The Labute approximate surface area is 118 Å². The number of carbonyl (C=O) groups is 1. The van der Waals surface area contributed by atoms with Crippen LogP contribution in [0.4, 0.5) is 10.1 Å². The van der Waals surface area contributed by atoms with Crippen molar-refractivity contribution in [3.8, 4) is 0 Å². The van der Waals surface area contributed by atoms with Crippen LogP contribution in [0.15, 0.2) is 42.5 Å². The van der Waals surface area contributed by atoms with Crippen molar-refractivity contribution in [3.05, 3.63) is 65.0 Å². The quantitative estimate of drug-likeness (QED) is 0.784. The third-order valence-electron chi connectivity index (χ3n) is 3.42. The largest absolute Gasteiger partial charge is 0.367 e. The Morgan fingerprint density at radius 1 is 1.15 bits per heavy atom. The van der Waals surface area contributed by atoms with Crippen LogP contribution in [0.5, 0.6) is 0 Å². The van der Waals surface area contributed by atoms with E-state index in [1.165, 1.54) is 13.0 Å². The van der Waals surface area contributed by atoms with E-state index in [2.05, 4.69) is 0 Å². The summed E-state index contributed by atoms with van der Waals surface area (Å²) in [5, 5.41) is 0. The third kappa shape index (κ3) is 2.87. The molecule has 2 nitrogen and oxygen atoms in total. The second-order valence-electron chi connectivity index (χ2n) is 4.97. The summed E-state index contributed by atoms with van der Waals surface area (Å²) in [6.07, 6.45) is 0. The Hall–Kier alpha value is -2.16. The monoisotopic (exact) mass is 271 g/mol. The Morgan fingerprint density at radius 2 is 1.85 bits per heavy atom. The van der Waals surface area contributed by atoms with Gasteiger partial charge in [-0.25, -0.2) is 4.39 Å². The van der Waals surface area contributed by atoms with Crippen molar-refractivity contribution in [2.75, 3.05) is 11.9 Å². The van der Waals surface area contributed by atoms with Crippen molar-refractivity contribution >= 4 is 11.5 Å². The van der Waals surface area contributed by atoms with Gasteiger partial charge >= 0.3 is 0 Å². The smallest absolute Gasteiger partial charge is 0.161 e. The number of halogens is 1. The summed E-state index contributed by atoms with van der Waals surface area (Å²) in [6, 6.07) is 12.6. The van der Waals surface area contributed by atoms with Gasteiger partial charge in [0.2, 0.25) is 0 Å². The van der Waals surface area contributed by atoms with E-state index in [1.54, 1.807) is 24.1 Å². The van der Waals surface area contributed by atoms with E-state index in [4.69, 9.17) is 0 Å². The Balaban J connectivity index is 2.37. The first-order chi connectivity index (χ1) is 9.50. The predicted octanol–water partition coefficient (Wildman–Crippen LogP) is 3.97. The molecule has 0 N–H and O–H groups in total. The van der Waals surface area contributed by atoms with Crippen LogP contribution in [0.25, 0.3) is 0 Å². The zero-order valence-electron chi connectivity index (χ0n) is 12.0. The molecule has 0 aliphatic heterocycles. The zero-order valence-corrected chi connectivity index (χ0v) is 12.0. The lowest BCUT2D eigenvalue weighted by Crippen LogP contribution is -2.21. The summed E-state index contributed by atoms with van der Waals surface area (Å²) in [4.78, 5) is 13.4. The van der Waals surface area contributed by atoms with E-state index in [-0.39, 0.29) is 11.6 Å². The SMILES string of the molecule is CC(=O)c1cccc(F)c1N(C)Cc1ccccc1C. The van der Waals surface area contributed by atoms with Crippen LogP contribution < -0.4 is 4.90 Å². The average molecular weight is 271 g/mol. The minimum atomic E-state index is -0.367. The van der Waals surface area contributed by atoms with Crippen molar-refractivity contribution in [1.29, 1.82) is 0 Å². The first-order valence-corrected chi connectivity index (χ1v) is 6.56. The summed E-state index contributed by atoms with van der Waals surface area (Å²) >= 11 is 0. The summed E-state index contributed by atoms with van der Waals surface area (Å²) in [7, 11) is 1.80. The summed E-state index contributed by atoms with van der Waals surface area (Å²) < 4.78 is 14.1. The van der Waals surface area contributed by atoms with E-state index >= 15 is 0 Å². The molecule has 2 rings (SSSR count). The fourth-order valence-corrected chi connectivity index (χ4v) is 2.31. The maximum absolute atomic E-state index is 14.1. The molecule has 2 aromatic rings. The van der Waals surface area contributed by atoms with Crippen LogP contribution in [0, 0.1) is 12.7 Å². The van der Waals surface area contributed by atoms with E-state index in [0.29, 0.717) is 17.8 Å². The second-order valence-corrected chi connectivity index (χ2v) is 4.97. The lowest BCUT2D eigenvalue weighted by molar-refractivity contribution is 0.101. The lowest BCUT2D eigenvalue weighted by Gasteiger charge is -2.23. The van der Waals surface area contributed by atoms with Crippen molar-refractivity contribution in [2.45, 2.75) is 20.4 Å². The van der Waals surface area contributed by atoms with E-state index in [9.17, 15) is 9.18 Å². The molecular formula is C17H18FNO. The van der Waals surface area contributed by atoms with Gasteiger partial charge in [0.15, 0.2) is 5.78 Å². The number of para-hydroxylation sites is 1. The van der Waals surface area contributed by atoms with Gasteiger partial charge in [0.1, 0.15) is 5.82 Å². The molecule has 0 aliphatic rings. The molecule has 2 aromatic carbocycles. The molecular weight excluding hydrogens is 253 g/mol. The number of rotatable bonds is 4. The molecule has 0 atom stereocenters. The molecule has 0 saturated heterocycles. The van der Waals surface area contributed by atoms with Gasteiger partial charge in [-0.2, -0.15) is 0 Å². The average Bonchev–Trinajstić information content (AvgIpc) is 2.40. The number of anilines is 1. The molecule has 0 amide bonds. The van der Waals surface area contributed by atoms with Crippen molar-refractivity contribution in [1.82, 2.24) is 0 Å². The normalized spacial score (nSPS) is 10.4. The van der Waals surface area contributed by atoms with Gasteiger partial charge in [-0.15, -0.1) is 0 Å². The molecule has 3 heteroatoms. The third-order valence-corrected chi connectivity index (χ3v) is 3.42. The molecule has 0 radical (unpaired) electrons. The van der Waals surface area contributed by atoms with Crippen molar-refractivity contribution in [2.24, 2.45) is 0 Å². The number of ketones is 1. The van der Waals surface area contributed by atoms with Crippen LogP contribution in [0.2, 0.25) is 0 Å². The molecule has 0 heterocycles. The standard InChI is InChI=1S/C17H18FNO/c1-12-7-4-5-8-14(12)11-19(3)17-15(13(2)20)9-6-10-16(17)18/h4-10H,11H2,1-3H3. The van der Waals surface area contributed by atoms with Crippen LogP contribution in [-0.2, 0) is 6.54 Å².